The summed E-state index contributed by atoms with van der Waals surface area (Å²) in [4.78, 5) is 4.24. The van der Waals surface area contributed by atoms with Crippen molar-refractivity contribution in [2.45, 2.75) is 26.3 Å². The monoisotopic (exact) mass is 246 g/mol. The first kappa shape index (κ1) is 12.3. The number of hydrogen-bond acceptors (Lipinski definition) is 3. The van der Waals surface area contributed by atoms with Crippen molar-refractivity contribution in [1.82, 2.24) is 10.3 Å². The molecular weight excluding hydrogens is 228 g/mol. The van der Waals surface area contributed by atoms with Gasteiger partial charge in [0.25, 0.3) is 0 Å². The molecule has 0 aliphatic heterocycles. The Bertz CT molecular complexity index is 451. The Labute approximate surface area is 107 Å². The number of hydrogen-bond donors (Lipinski definition) is 1. The van der Waals surface area contributed by atoms with E-state index >= 15 is 0 Å². The normalized spacial score (nSPS) is 12.6. The molecule has 2 aromatic rings. The van der Waals surface area contributed by atoms with E-state index < -0.39 is 0 Å². The van der Waals surface area contributed by atoms with E-state index in [-0.39, 0.29) is 0 Å². The zero-order valence-electron chi connectivity index (χ0n) is 10.3. The Hall–Kier alpha value is -1.19. The van der Waals surface area contributed by atoms with Gasteiger partial charge < -0.3 is 5.32 Å². The van der Waals surface area contributed by atoms with Crippen molar-refractivity contribution in [2.24, 2.45) is 0 Å². The van der Waals surface area contributed by atoms with Crippen molar-refractivity contribution >= 4 is 11.3 Å². The van der Waals surface area contributed by atoms with E-state index in [9.17, 15) is 0 Å². The highest BCUT2D eigenvalue weighted by molar-refractivity contribution is 7.07. The van der Waals surface area contributed by atoms with Crippen LogP contribution in [0, 0.1) is 6.92 Å². The molecule has 0 aliphatic carbocycles. The molecule has 3 heteroatoms. The molecule has 0 aliphatic rings. The van der Waals surface area contributed by atoms with Crippen LogP contribution in [0.15, 0.2) is 35.3 Å². The van der Waals surface area contributed by atoms with Crippen molar-refractivity contribution < 1.29 is 0 Å². The number of aryl methyl sites for hydroxylation is 1. The van der Waals surface area contributed by atoms with Gasteiger partial charge in [0, 0.05) is 18.4 Å². The van der Waals surface area contributed by atoms with Crippen LogP contribution >= 0.6 is 11.3 Å². The predicted molar refractivity (Wildman–Crippen MR) is 73.4 cm³/mol. The van der Waals surface area contributed by atoms with Gasteiger partial charge in [-0.05, 0) is 59.5 Å². The highest BCUT2D eigenvalue weighted by Gasteiger charge is 2.13. The molecule has 2 nitrogen and oxygen atoms in total. The van der Waals surface area contributed by atoms with Gasteiger partial charge in [-0.2, -0.15) is 11.3 Å². The lowest BCUT2D eigenvalue weighted by molar-refractivity contribution is 0.546. The molecule has 0 saturated carbocycles. The van der Waals surface area contributed by atoms with Crippen molar-refractivity contribution in [3.8, 4) is 0 Å². The van der Waals surface area contributed by atoms with Crippen molar-refractivity contribution in [3.63, 3.8) is 0 Å². The summed E-state index contributed by atoms with van der Waals surface area (Å²) in [6, 6.07) is 4.64. The quantitative estimate of drug-likeness (QED) is 0.875. The SMILES string of the molecule is CCNC(Cc1ccsc1)c1cnccc1C. The van der Waals surface area contributed by atoms with Gasteiger partial charge in [0.1, 0.15) is 0 Å². The fraction of sp³-hybridized carbons (Fsp3) is 0.357. The van der Waals surface area contributed by atoms with Gasteiger partial charge in [-0.15, -0.1) is 0 Å². The maximum Gasteiger partial charge on any atom is 0.0379 e. The number of thiophene rings is 1. The van der Waals surface area contributed by atoms with Crippen molar-refractivity contribution in [2.75, 3.05) is 6.54 Å². The fourth-order valence-corrected chi connectivity index (χ4v) is 2.71. The molecule has 0 saturated heterocycles. The van der Waals surface area contributed by atoms with Gasteiger partial charge in [-0.25, -0.2) is 0 Å². The third-order valence-corrected chi connectivity index (χ3v) is 3.66. The summed E-state index contributed by atoms with van der Waals surface area (Å²) in [5.41, 5.74) is 4.01. The Morgan fingerprint density at radius 1 is 1.41 bits per heavy atom. The Kier molecular flexibility index (Phi) is 4.29. The number of nitrogens with one attached hydrogen (secondary N) is 1. The highest BCUT2D eigenvalue weighted by atomic mass is 32.1. The summed E-state index contributed by atoms with van der Waals surface area (Å²) < 4.78 is 0. The molecule has 1 unspecified atom stereocenters. The average molecular weight is 246 g/mol. The second-order valence-corrected chi connectivity index (χ2v) is 4.96. The Balaban J connectivity index is 2.20. The number of likely N-dealkylation sites (N-methyl/N-ethyl adjacent to an activating group) is 1. The van der Waals surface area contributed by atoms with E-state index in [2.05, 4.69) is 47.0 Å². The lowest BCUT2D eigenvalue weighted by Gasteiger charge is -2.19. The lowest BCUT2D eigenvalue weighted by Crippen LogP contribution is -2.23. The number of aromatic nitrogens is 1. The second-order valence-electron chi connectivity index (χ2n) is 4.18. The van der Waals surface area contributed by atoms with E-state index in [0.717, 1.165) is 13.0 Å². The van der Waals surface area contributed by atoms with Crippen LogP contribution in [0.1, 0.15) is 29.7 Å². The van der Waals surface area contributed by atoms with E-state index in [4.69, 9.17) is 0 Å². The minimum Gasteiger partial charge on any atom is -0.310 e. The summed E-state index contributed by atoms with van der Waals surface area (Å²) in [5, 5.41) is 7.89. The second kappa shape index (κ2) is 5.94. The summed E-state index contributed by atoms with van der Waals surface area (Å²) in [6.07, 6.45) is 4.87. The van der Waals surface area contributed by atoms with E-state index in [1.165, 1.54) is 16.7 Å². The van der Waals surface area contributed by atoms with Gasteiger partial charge in [0.2, 0.25) is 0 Å². The summed E-state index contributed by atoms with van der Waals surface area (Å²) >= 11 is 1.76. The van der Waals surface area contributed by atoms with E-state index in [0.29, 0.717) is 6.04 Å². The third kappa shape index (κ3) is 3.14. The summed E-state index contributed by atoms with van der Waals surface area (Å²) in [5.74, 6) is 0. The molecule has 1 atom stereocenters. The minimum atomic E-state index is 0.364. The molecule has 90 valence electrons. The first-order chi connectivity index (χ1) is 8.31. The fourth-order valence-electron chi connectivity index (χ4n) is 2.02. The molecule has 1 N–H and O–H groups in total. The first-order valence-corrected chi connectivity index (χ1v) is 6.90. The van der Waals surface area contributed by atoms with Crippen LogP contribution in [0.5, 0.6) is 0 Å². The van der Waals surface area contributed by atoms with Crippen LogP contribution in [0.4, 0.5) is 0 Å². The number of pyridine rings is 1. The van der Waals surface area contributed by atoms with Gasteiger partial charge in [-0.1, -0.05) is 6.92 Å². The molecule has 0 fully saturated rings. The number of rotatable bonds is 5. The molecule has 17 heavy (non-hydrogen) atoms. The Morgan fingerprint density at radius 3 is 2.94 bits per heavy atom. The van der Waals surface area contributed by atoms with Gasteiger partial charge in [0.15, 0.2) is 0 Å². The van der Waals surface area contributed by atoms with E-state index in [1.807, 2.05) is 12.4 Å². The smallest absolute Gasteiger partial charge is 0.0379 e. The number of nitrogens with zero attached hydrogens (tertiary/aromatic N) is 1. The van der Waals surface area contributed by atoms with Crippen LogP contribution in [0.2, 0.25) is 0 Å². The zero-order valence-corrected chi connectivity index (χ0v) is 11.1. The third-order valence-electron chi connectivity index (χ3n) is 2.93. The predicted octanol–water partition coefficient (Wildman–Crippen LogP) is 3.34. The molecule has 2 heterocycles. The molecule has 2 aromatic heterocycles. The molecule has 0 bridgehead atoms. The minimum absolute atomic E-state index is 0.364. The van der Waals surface area contributed by atoms with Gasteiger partial charge >= 0.3 is 0 Å². The first-order valence-electron chi connectivity index (χ1n) is 5.96. The van der Waals surface area contributed by atoms with Gasteiger partial charge in [0.05, 0.1) is 0 Å². The maximum absolute atomic E-state index is 4.24. The molecule has 0 spiro atoms. The van der Waals surface area contributed by atoms with Crippen molar-refractivity contribution in [1.29, 1.82) is 0 Å². The standard InChI is InChI=1S/C14H18N2S/c1-3-16-14(8-12-5-7-17-10-12)13-9-15-6-4-11(13)2/h4-7,9-10,14,16H,3,8H2,1-2H3. The lowest BCUT2D eigenvalue weighted by atomic mass is 9.98. The van der Waals surface area contributed by atoms with Crippen molar-refractivity contribution in [3.05, 3.63) is 52.0 Å². The average Bonchev–Trinajstić information content (AvgIpc) is 2.82. The topological polar surface area (TPSA) is 24.9 Å². The maximum atomic E-state index is 4.24. The van der Waals surface area contributed by atoms with Crippen LogP contribution in [0.3, 0.4) is 0 Å². The molecule has 0 aromatic carbocycles. The highest BCUT2D eigenvalue weighted by Crippen LogP contribution is 2.21. The van der Waals surface area contributed by atoms with Crippen LogP contribution in [-0.2, 0) is 6.42 Å². The molecular formula is C14H18N2S. The van der Waals surface area contributed by atoms with E-state index in [1.54, 1.807) is 11.3 Å². The zero-order chi connectivity index (χ0) is 12.1. The van der Waals surface area contributed by atoms with Crippen LogP contribution in [-0.4, -0.2) is 11.5 Å². The van der Waals surface area contributed by atoms with Crippen LogP contribution < -0.4 is 5.32 Å². The summed E-state index contributed by atoms with van der Waals surface area (Å²) in [6.45, 7) is 5.27. The molecule has 0 amide bonds. The summed E-state index contributed by atoms with van der Waals surface area (Å²) in [7, 11) is 0. The Morgan fingerprint density at radius 2 is 2.29 bits per heavy atom. The molecule has 0 radical (unpaired) electrons. The van der Waals surface area contributed by atoms with Crippen LogP contribution in [0.25, 0.3) is 0 Å². The van der Waals surface area contributed by atoms with Gasteiger partial charge in [-0.3, -0.25) is 4.98 Å². The largest absolute Gasteiger partial charge is 0.310 e. The molecule has 2 rings (SSSR count).